The number of rotatable bonds is 3. The van der Waals surface area contributed by atoms with Crippen molar-refractivity contribution in [2.45, 2.75) is 45.5 Å². The van der Waals surface area contributed by atoms with Gasteiger partial charge < -0.3 is 5.11 Å². The van der Waals surface area contributed by atoms with E-state index in [0.29, 0.717) is 25.9 Å². The van der Waals surface area contributed by atoms with E-state index in [1.165, 1.54) is 16.7 Å². The minimum atomic E-state index is -4.50. The van der Waals surface area contributed by atoms with Gasteiger partial charge in [0.05, 0.1) is 0 Å². The van der Waals surface area contributed by atoms with Gasteiger partial charge in [0, 0.05) is 6.54 Å². The molecule has 0 radical (unpaired) electrons. The Balaban J connectivity index is 1.88. The van der Waals surface area contributed by atoms with Crippen LogP contribution in [0.4, 0.5) is 13.2 Å². The van der Waals surface area contributed by atoms with Crippen molar-refractivity contribution in [1.29, 1.82) is 0 Å². The van der Waals surface area contributed by atoms with Gasteiger partial charge in [-0.3, -0.25) is 4.90 Å². The van der Waals surface area contributed by atoms with Crippen LogP contribution in [-0.4, -0.2) is 35.4 Å². The molecule has 1 aliphatic heterocycles. The van der Waals surface area contributed by atoms with Gasteiger partial charge in [0.1, 0.15) is 0 Å². The van der Waals surface area contributed by atoms with Crippen LogP contribution in [0.15, 0.2) is 18.2 Å². The normalized spacial score (nSPS) is 19.7. The standard InChI is InChI=1S/C16H22F3NO/c1-11-3-4-13(9-12(11)2)10-20-7-5-14(6-8-20)15(21)16(17,18)19/h3-4,9,14-15,21H,5-8,10H2,1-2H3. The molecular weight excluding hydrogens is 279 g/mol. The first-order valence-corrected chi connectivity index (χ1v) is 7.30. The molecule has 2 nitrogen and oxygen atoms in total. The summed E-state index contributed by atoms with van der Waals surface area (Å²) < 4.78 is 37.5. The Hall–Kier alpha value is -1.07. The number of aryl methyl sites for hydroxylation is 2. The molecule has 1 aromatic carbocycles. The molecule has 1 aliphatic rings. The topological polar surface area (TPSA) is 23.5 Å². The maximum Gasteiger partial charge on any atom is 0.414 e. The van der Waals surface area contributed by atoms with Crippen LogP contribution in [0.3, 0.4) is 0 Å². The van der Waals surface area contributed by atoms with Gasteiger partial charge in [-0.05, 0) is 62.4 Å². The highest BCUT2D eigenvalue weighted by atomic mass is 19.4. The van der Waals surface area contributed by atoms with Crippen molar-refractivity contribution in [3.05, 3.63) is 34.9 Å². The summed E-state index contributed by atoms with van der Waals surface area (Å²) in [6.07, 6.45) is -5.89. The number of benzene rings is 1. The van der Waals surface area contributed by atoms with Gasteiger partial charge in [-0.15, -0.1) is 0 Å². The Morgan fingerprint density at radius 1 is 1.19 bits per heavy atom. The highest BCUT2D eigenvalue weighted by Crippen LogP contribution is 2.31. The summed E-state index contributed by atoms with van der Waals surface area (Å²) in [7, 11) is 0. The molecule has 0 bridgehead atoms. The molecule has 118 valence electrons. The minimum absolute atomic E-state index is 0.394. The van der Waals surface area contributed by atoms with Crippen LogP contribution in [-0.2, 0) is 6.54 Å². The average molecular weight is 301 g/mol. The molecule has 1 heterocycles. The summed E-state index contributed by atoms with van der Waals surface area (Å²) in [5, 5.41) is 9.31. The SMILES string of the molecule is Cc1ccc(CN2CCC(C(O)C(F)(F)F)CC2)cc1C. The Morgan fingerprint density at radius 2 is 1.81 bits per heavy atom. The highest BCUT2D eigenvalue weighted by molar-refractivity contribution is 5.29. The molecule has 1 N–H and O–H groups in total. The van der Waals surface area contributed by atoms with Gasteiger partial charge in [-0.25, -0.2) is 0 Å². The number of hydrogen-bond donors (Lipinski definition) is 1. The Kier molecular flexibility index (Phi) is 4.94. The van der Waals surface area contributed by atoms with E-state index in [4.69, 9.17) is 0 Å². The lowest BCUT2D eigenvalue weighted by Crippen LogP contribution is -2.43. The number of nitrogens with zero attached hydrogens (tertiary/aromatic N) is 1. The Morgan fingerprint density at radius 3 is 2.33 bits per heavy atom. The second-order valence-electron chi connectivity index (χ2n) is 6.02. The van der Waals surface area contributed by atoms with Crippen molar-refractivity contribution in [3.63, 3.8) is 0 Å². The molecule has 2 rings (SSSR count). The molecule has 0 saturated carbocycles. The van der Waals surface area contributed by atoms with Crippen LogP contribution in [0.2, 0.25) is 0 Å². The van der Waals surface area contributed by atoms with Gasteiger partial charge >= 0.3 is 6.18 Å². The van der Waals surface area contributed by atoms with Crippen LogP contribution in [0, 0.1) is 19.8 Å². The third kappa shape index (κ3) is 4.20. The fourth-order valence-electron chi connectivity index (χ4n) is 2.85. The van der Waals surface area contributed by atoms with Crippen molar-refractivity contribution in [1.82, 2.24) is 4.90 Å². The molecule has 0 aromatic heterocycles. The van der Waals surface area contributed by atoms with Crippen LogP contribution in [0.5, 0.6) is 0 Å². The molecule has 0 aliphatic carbocycles. The molecule has 1 saturated heterocycles. The molecule has 1 atom stereocenters. The molecule has 1 aromatic rings. The predicted molar refractivity (Wildman–Crippen MR) is 76.0 cm³/mol. The van der Waals surface area contributed by atoms with Crippen LogP contribution >= 0.6 is 0 Å². The summed E-state index contributed by atoms with van der Waals surface area (Å²) in [4.78, 5) is 2.16. The lowest BCUT2D eigenvalue weighted by atomic mass is 9.90. The fourth-order valence-corrected chi connectivity index (χ4v) is 2.85. The first-order chi connectivity index (χ1) is 9.77. The fraction of sp³-hybridized carbons (Fsp3) is 0.625. The first kappa shape index (κ1) is 16.3. The lowest BCUT2D eigenvalue weighted by Gasteiger charge is -2.34. The number of halogens is 3. The maximum absolute atomic E-state index is 12.5. The summed E-state index contributed by atoms with van der Waals surface area (Å²) in [5.41, 5.74) is 3.66. The van der Waals surface area contributed by atoms with Gasteiger partial charge in [0.2, 0.25) is 0 Å². The largest absolute Gasteiger partial charge is 0.414 e. The van der Waals surface area contributed by atoms with Gasteiger partial charge in [-0.2, -0.15) is 13.2 Å². The second kappa shape index (κ2) is 6.36. The number of likely N-dealkylation sites (tertiary alicyclic amines) is 1. The van der Waals surface area contributed by atoms with Gasteiger partial charge in [-0.1, -0.05) is 18.2 Å². The monoisotopic (exact) mass is 301 g/mol. The van der Waals surface area contributed by atoms with Crippen molar-refractivity contribution in [2.75, 3.05) is 13.1 Å². The van der Waals surface area contributed by atoms with E-state index in [1.807, 2.05) is 0 Å². The summed E-state index contributed by atoms with van der Waals surface area (Å²) in [6, 6.07) is 6.27. The average Bonchev–Trinajstić information content (AvgIpc) is 2.42. The Bertz CT molecular complexity index is 479. The maximum atomic E-state index is 12.5. The van der Waals surface area contributed by atoms with Crippen molar-refractivity contribution < 1.29 is 18.3 Å². The molecule has 1 fully saturated rings. The van der Waals surface area contributed by atoms with Crippen LogP contribution in [0.25, 0.3) is 0 Å². The summed E-state index contributed by atoms with van der Waals surface area (Å²) >= 11 is 0. The lowest BCUT2D eigenvalue weighted by molar-refractivity contribution is -0.223. The second-order valence-corrected chi connectivity index (χ2v) is 6.02. The van der Waals surface area contributed by atoms with E-state index in [1.54, 1.807) is 0 Å². The molecule has 5 heteroatoms. The third-order valence-corrected chi connectivity index (χ3v) is 4.39. The minimum Gasteiger partial charge on any atom is -0.383 e. The van der Waals surface area contributed by atoms with E-state index >= 15 is 0 Å². The number of aliphatic hydroxyl groups is 1. The molecule has 0 spiro atoms. The number of alkyl halides is 3. The zero-order chi connectivity index (χ0) is 15.6. The predicted octanol–water partition coefficient (Wildman–Crippen LogP) is 3.44. The quantitative estimate of drug-likeness (QED) is 0.924. The first-order valence-electron chi connectivity index (χ1n) is 7.30. The zero-order valence-corrected chi connectivity index (χ0v) is 12.5. The summed E-state index contributed by atoms with van der Waals surface area (Å²) in [6.45, 7) is 6.08. The number of hydrogen-bond acceptors (Lipinski definition) is 2. The number of aliphatic hydroxyl groups excluding tert-OH is 1. The molecule has 1 unspecified atom stereocenters. The number of piperidine rings is 1. The van der Waals surface area contributed by atoms with Crippen molar-refractivity contribution >= 4 is 0 Å². The zero-order valence-electron chi connectivity index (χ0n) is 12.5. The molecule has 0 amide bonds. The van der Waals surface area contributed by atoms with Gasteiger partial charge in [0.15, 0.2) is 6.10 Å². The molecule has 21 heavy (non-hydrogen) atoms. The van der Waals surface area contributed by atoms with Crippen molar-refractivity contribution in [2.24, 2.45) is 5.92 Å². The molecular formula is C16H22F3NO. The van der Waals surface area contributed by atoms with E-state index < -0.39 is 18.2 Å². The summed E-state index contributed by atoms with van der Waals surface area (Å²) in [5.74, 6) is -0.666. The van der Waals surface area contributed by atoms with Gasteiger partial charge in [0.25, 0.3) is 0 Å². The van der Waals surface area contributed by atoms with E-state index in [0.717, 1.165) is 6.54 Å². The highest BCUT2D eigenvalue weighted by Gasteiger charge is 2.44. The van der Waals surface area contributed by atoms with E-state index in [9.17, 15) is 18.3 Å². The van der Waals surface area contributed by atoms with E-state index in [2.05, 4.69) is 36.9 Å². The third-order valence-electron chi connectivity index (χ3n) is 4.39. The van der Waals surface area contributed by atoms with E-state index in [-0.39, 0.29) is 0 Å². The smallest absolute Gasteiger partial charge is 0.383 e. The van der Waals surface area contributed by atoms with Crippen molar-refractivity contribution in [3.8, 4) is 0 Å². The van der Waals surface area contributed by atoms with Crippen LogP contribution < -0.4 is 0 Å². The Labute approximate surface area is 123 Å². The van der Waals surface area contributed by atoms with Crippen LogP contribution in [0.1, 0.15) is 29.5 Å².